The molecule has 0 aromatic carbocycles. The molecule has 0 spiro atoms. The summed E-state index contributed by atoms with van der Waals surface area (Å²) in [5.74, 6) is 1.61. The number of anilines is 2. The van der Waals surface area contributed by atoms with Gasteiger partial charge in [-0.3, -0.25) is 0 Å². The Morgan fingerprint density at radius 3 is 3.12 bits per heavy atom. The first kappa shape index (κ1) is 15.6. The average Bonchev–Trinajstić information content (AvgIpc) is 3.38. The SMILES string of the molecule is CCCn1ncnc1NC1CCN(c2nccc(-c3ccc[nH]3)n2)C1. The lowest BCUT2D eigenvalue weighted by Crippen LogP contribution is -2.28. The van der Waals surface area contributed by atoms with Gasteiger partial charge in [-0.1, -0.05) is 6.92 Å². The largest absolute Gasteiger partial charge is 0.360 e. The van der Waals surface area contributed by atoms with Crippen LogP contribution in [0.5, 0.6) is 0 Å². The quantitative estimate of drug-likeness (QED) is 0.716. The molecule has 3 aromatic heterocycles. The fraction of sp³-hybridized carbons (Fsp3) is 0.412. The lowest BCUT2D eigenvalue weighted by molar-refractivity contribution is 0.600. The van der Waals surface area contributed by atoms with Crippen molar-refractivity contribution in [3.05, 3.63) is 36.9 Å². The number of H-pyrrole nitrogens is 1. The number of aryl methyl sites for hydroxylation is 1. The van der Waals surface area contributed by atoms with Crippen LogP contribution >= 0.6 is 0 Å². The highest BCUT2D eigenvalue weighted by atomic mass is 15.4. The molecule has 0 bridgehead atoms. The van der Waals surface area contributed by atoms with E-state index in [4.69, 9.17) is 4.98 Å². The summed E-state index contributed by atoms with van der Waals surface area (Å²) in [4.78, 5) is 18.9. The predicted octanol–water partition coefficient (Wildman–Crippen LogP) is 2.16. The Bertz CT molecular complexity index is 810. The number of hydrogen-bond donors (Lipinski definition) is 2. The number of nitrogens with one attached hydrogen (secondary N) is 2. The monoisotopic (exact) mass is 338 g/mol. The highest BCUT2D eigenvalue weighted by molar-refractivity contribution is 5.55. The lowest BCUT2D eigenvalue weighted by Gasteiger charge is -2.17. The van der Waals surface area contributed by atoms with Gasteiger partial charge in [-0.15, -0.1) is 0 Å². The van der Waals surface area contributed by atoms with Gasteiger partial charge in [0.05, 0.1) is 11.4 Å². The van der Waals surface area contributed by atoms with Crippen LogP contribution < -0.4 is 10.2 Å². The van der Waals surface area contributed by atoms with Gasteiger partial charge in [-0.25, -0.2) is 14.6 Å². The van der Waals surface area contributed by atoms with Crippen LogP contribution in [0, 0.1) is 0 Å². The molecule has 8 heteroatoms. The Morgan fingerprint density at radius 2 is 2.28 bits per heavy atom. The first-order valence-electron chi connectivity index (χ1n) is 8.69. The van der Waals surface area contributed by atoms with E-state index >= 15 is 0 Å². The zero-order valence-corrected chi connectivity index (χ0v) is 14.3. The van der Waals surface area contributed by atoms with Gasteiger partial charge >= 0.3 is 0 Å². The second-order valence-electron chi connectivity index (χ2n) is 6.21. The molecule has 1 unspecified atom stereocenters. The van der Waals surface area contributed by atoms with Gasteiger partial charge in [0.1, 0.15) is 6.33 Å². The topological polar surface area (TPSA) is 87.5 Å². The molecule has 0 amide bonds. The molecule has 4 heterocycles. The minimum absolute atomic E-state index is 0.317. The molecule has 130 valence electrons. The second-order valence-corrected chi connectivity index (χ2v) is 6.21. The molecule has 0 radical (unpaired) electrons. The van der Waals surface area contributed by atoms with Crippen LogP contribution in [-0.2, 0) is 6.54 Å². The third kappa shape index (κ3) is 3.33. The molecule has 25 heavy (non-hydrogen) atoms. The number of nitrogens with zero attached hydrogens (tertiary/aromatic N) is 6. The number of hydrogen-bond acceptors (Lipinski definition) is 6. The van der Waals surface area contributed by atoms with Crippen LogP contribution in [0.25, 0.3) is 11.4 Å². The third-order valence-corrected chi connectivity index (χ3v) is 4.37. The molecule has 0 saturated carbocycles. The van der Waals surface area contributed by atoms with Crippen LogP contribution in [0.2, 0.25) is 0 Å². The van der Waals surface area contributed by atoms with E-state index in [0.717, 1.165) is 55.8 Å². The average molecular weight is 338 g/mol. The molecule has 1 fully saturated rings. The molecule has 1 atom stereocenters. The predicted molar refractivity (Wildman–Crippen MR) is 96.4 cm³/mol. The summed E-state index contributed by atoms with van der Waals surface area (Å²) in [6, 6.07) is 6.23. The summed E-state index contributed by atoms with van der Waals surface area (Å²) in [5.41, 5.74) is 1.92. The first-order valence-corrected chi connectivity index (χ1v) is 8.69. The Labute approximate surface area is 146 Å². The minimum Gasteiger partial charge on any atom is -0.360 e. The maximum atomic E-state index is 4.70. The van der Waals surface area contributed by atoms with E-state index in [1.165, 1.54) is 0 Å². The molecule has 8 nitrogen and oxygen atoms in total. The van der Waals surface area contributed by atoms with E-state index in [2.05, 4.69) is 37.2 Å². The summed E-state index contributed by atoms with van der Waals surface area (Å²) >= 11 is 0. The van der Waals surface area contributed by atoms with Crippen molar-refractivity contribution in [1.82, 2.24) is 29.7 Å². The summed E-state index contributed by atoms with van der Waals surface area (Å²) in [6.45, 7) is 4.79. The zero-order chi connectivity index (χ0) is 17.1. The van der Waals surface area contributed by atoms with Gasteiger partial charge in [-0.05, 0) is 31.0 Å². The van der Waals surface area contributed by atoms with Crippen molar-refractivity contribution in [2.45, 2.75) is 32.4 Å². The first-order chi connectivity index (χ1) is 12.3. The van der Waals surface area contributed by atoms with Crippen molar-refractivity contribution in [3.63, 3.8) is 0 Å². The van der Waals surface area contributed by atoms with Crippen molar-refractivity contribution < 1.29 is 0 Å². The second kappa shape index (κ2) is 6.92. The maximum absolute atomic E-state index is 4.70. The fourth-order valence-corrected chi connectivity index (χ4v) is 3.13. The van der Waals surface area contributed by atoms with E-state index in [1.807, 2.05) is 35.3 Å². The summed E-state index contributed by atoms with van der Waals surface area (Å²) in [7, 11) is 0. The molecule has 2 N–H and O–H groups in total. The standard InChI is InChI=1S/C17H22N8/c1-2-9-25-17(20-12-21-25)22-13-6-10-24(11-13)16-19-8-5-15(23-16)14-4-3-7-18-14/h3-5,7-8,12-13,18H,2,6,9-11H2,1H3,(H,20,21,22). The smallest absolute Gasteiger partial charge is 0.225 e. The van der Waals surface area contributed by atoms with Crippen LogP contribution in [0.15, 0.2) is 36.9 Å². The van der Waals surface area contributed by atoms with E-state index in [9.17, 15) is 0 Å². The van der Waals surface area contributed by atoms with Crippen LogP contribution in [-0.4, -0.2) is 48.8 Å². The molecule has 4 rings (SSSR count). The van der Waals surface area contributed by atoms with E-state index in [-0.39, 0.29) is 0 Å². The maximum Gasteiger partial charge on any atom is 0.225 e. The van der Waals surface area contributed by atoms with Crippen molar-refractivity contribution in [2.75, 3.05) is 23.3 Å². The molecular formula is C17H22N8. The van der Waals surface area contributed by atoms with Crippen molar-refractivity contribution in [2.24, 2.45) is 0 Å². The number of aromatic amines is 1. The summed E-state index contributed by atoms with van der Waals surface area (Å²) in [5, 5.41) is 7.77. The van der Waals surface area contributed by atoms with E-state index in [1.54, 1.807) is 6.33 Å². The van der Waals surface area contributed by atoms with E-state index < -0.39 is 0 Å². The highest BCUT2D eigenvalue weighted by Gasteiger charge is 2.25. The Hall–Kier alpha value is -2.90. The van der Waals surface area contributed by atoms with E-state index in [0.29, 0.717) is 6.04 Å². The van der Waals surface area contributed by atoms with Gasteiger partial charge in [0, 0.05) is 38.1 Å². The molecular weight excluding hydrogens is 316 g/mol. The number of rotatable bonds is 6. The van der Waals surface area contributed by atoms with Crippen LogP contribution in [0.1, 0.15) is 19.8 Å². The molecule has 1 saturated heterocycles. The normalized spacial score (nSPS) is 17.2. The Balaban J connectivity index is 1.44. The fourth-order valence-electron chi connectivity index (χ4n) is 3.13. The zero-order valence-electron chi connectivity index (χ0n) is 14.3. The number of aromatic nitrogens is 6. The van der Waals surface area contributed by atoms with Crippen molar-refractivity contribution >= 4 is 11.9 Å². The van der Waals surface area contributed by atoms with Crippen molar-refractivity contribution in [3.8, 4) is 11.4 Å². The highest BCUT2D eigenvalue weighted by Crippen LogP contribution is 2.21. The molecule has 0 aliphatic carbocycles. The molecule has 1 aliphatic rings. The minimum atomic E-state index is 0.317. The van der Waals surface area contributed by atoms with Gasteiger partial charge in [0.2, 0.25) is 11.9 Å². The van der Waals surface area contributed by atoms with Crippen LogP contribution in [0.4, 0.5) is 11.9 Å². The Kier molecular flexibility index (Phi) is 4.32. The summed E-state index contributed by atoms with van der Waals surface area (Å²) in [6.07, 6.45) is 7.38. The lowest BCUT2D eigenvalue weighted by atomic mass is 10.3. The molecule has 1 aliphatic heterocycles. The van der Waals surface area contributed by atoms with Crippen LogP contribution in [0.3, 0.4) is 0 Å². The summed E-state index contributed by atoms with van der Waals surface area (Å²) < 4.78 is 1.92. The van der Waals surface area contributed by atoms with Gasteiger partial charge in [0.25, 0.3) is 0 Å². The van der Waals surface area contributed by atoms with Gasteiger partial charge < -0.3 is 15.2 Å². The third-order valence-electron chi connectivity index (χ3n) is 4.37. The van der Waals surface area contributed by atoms with Gasteiger partial charge in [-0.2, -0.15) is 10.1 Å². The van der Waals surface area contributed by atoms with Crippen molar-refractivity contribution in [1.29, 1.82) is 0 Å². The van der Waals surface area contributed by atoms with Gasteiger partial charge in [0.15, 0.2) is 0 Å². The molecule has 3 aromatic rings. The Morgan fingerprint density at radius 1 is 1.32 bits per heavy atom.